The number of nitrogens with zero attached hydrogens (tertiary/aromatic N) is 3. The van der Waals surface area contributed by atoms with Gasteiger partial charge in [-0.3, -0.25) is 4.79 Å². The lowest BCUT2D eigenvalue weighted by Gasteiger charge is -2.08. The van der Waals surface area contributed by atoms with Crippen LogP contribution in [-0.4, -0.2) is 26.4 Å². The molecule has 0 atom stereocenters. The summed E-state index contributed by atoms with van der Waals surface area (Å²) in [6.07, 6.45) is 1.60. The Labute approximate surface area is 157 Å². The fourth-order valence-electron chi connectivity index (χ4n) is 1.98. The normalized spacial score (nSPS) is 10.5. The maximum atomic E-state index is 12.0. The van der Waals surface area contributed by atoms with E-state index in [0.29, 0.717) is 16.6 Å². The molecule has 6 nitrogen and oxygen atoms in total. The monoisotopic (exact) mass is 418 g/mol. The predicted molar refractivity (Wildman–Crippen MR) is 101 cm³/mol. The van der Waals surface area contributed by atoms with Crippen LogP contribution in [0.2, 0.25) is 0 Å². The number of benzene rings is 2. The average Bonchev–Trinajstić information content (AvgIpc) is 3.02. The van der Waals surface area contributed by atoms with Gasteiger partial charge >= 0.3 is 0 Å². The summed E-state index contributed by atoms with van der Waals surface area (Å²) in [6, 6.07) is 14.8. The van der Waals surface area contributed by atoms with E-state index in [1.807, 2.05) is 43.4 Å². The molecule has 2 aromatic carbocycles. The van der Waals surface area contributed by atoms with E-state index in [9.17, 15) is 4.79 Å². The van der Waals surface area contributed by atoms with Gasteiger partial charge < -0.3 is 14.6 Å². The van der Waals surface area contributed by atoms with Crippen LogP contribution in [0.25, 0.3) is 0 Å². The van der Waals surface area contributed by atoms with E-state index in [2.05, 4.69) is 31.4 Å². The van der Waals surface area contributed by atoms with Gasteiger partial charge in [0, 0.05) is 17.2 Å². The van der Waals surface area contributed by atoms with Crippen LogP contribution in [0.4, 0.5) is 5.69 Å². The molecule has 0 radical (unpaired) electrons. The lowest BCUT2D eigenvalue weighted by molar-refractivity contribution is -0.113. The molecule has 0 spiro atoms. The van der Waals surface area contributed by atoms with Gasteiger partial charge in [0.25, 0.3) is 0 Å². The third-order valence-electron chi connectivity index (χ3n) is 3.19. The molecular formula is C17H15BrN4O2S. The smallest absolute Gasteiger partial charge is 0.234 e. The zero-order valence-corrected chi connectivity index (χ0v) is 15.8. The van der Waals surface area contributed by atoms with E-state index in [1.165, 1.54) is 11.8 Å². The summed E-state index contributed by atoms with van der Waals surface area (Å²) < 4.78 is 8.51. The number of carbonyl (C=O) groups excluding carboxylic acids is 1. The van der Waals surface area contributed by atoms with Crippen molar-refractivity contribution in [1.29, 1.82) is 0 Å². The largest absolute Gasteiger partial charge is 0.457 e. The Morgan fingerprint density at radius 3 is 2.40 bits per heavy atom. The van der Waals surface area contributed by atoms with Gasteiger partial charge in [0.1, 0.15) is 17.8 Å². The molecule has 1 aromatic heterocycles. The molecule has 1 amide bonds. The Morgan fingerprint density at radius 2 is 1.80 bits per heavy atom. The Morgan fingerprint density at radius 1 is 1.16 bits per heavy atom. The molecule has 128 valence electrons. The van der Waals surface area contributed by atoms with Crippen LogP contribution in [0.5, 0.6) is 11.5 Å². The van der Waals surface area contributed by atoms with E-state index in [0.717, 1.165) is 10.2 Å². The quantitative estimate of drug-likeness (QED) is 0.610. The molecule has 25 heavy (non-hydrogen) atoms. The molecule has 1 heterocycles. The van der Waals surface area contributed by atoms with Crippen LogP contribution in [0.15, 0.2) is 64.5 Å². The standard InChI is InChI=1S/C17H15BrN4O2S/c1-22-11-19-21-17(22)25-10-16(23)20-13-4-8-15(9-5-13)24-14-6-2-12(18)3-7-14/h2-9,11H,10H2,1H3,(H,20,23). The number of amides is 1. The average molecular weight is 419 g/mol. The Kier molecular flexibility index (Phi) is 5.72. The summed E-state index contributed by atoms with van der Waals surface area (Å²) in [4.78, 5) is 12.0. The molecule has 0 bridgehead atoms. The Balaban J connectivity index is 1.52. The van der Waals surface area contributed by atoms with Gasteiger partial charge in [-0.25, -0.2) is 0 Å². The first-order valence-corrected chi connectivity index (χ1v) is 9.18. The molecule has 0 unspecified atom stereocenters. The summed E-state index contributed by atoms with van der Waals surface area (Å²) in [5, 5.41) is 11.3. The predicted octanol–water partition coefficient (Wildman–Crippen LogP) is 4.10. The van der Waals surface area contributed by atoms with Gasteiger partial charge in [-0.05, 0) is 48.5 Å². The van der Waals surface area contributed by atoms with Gasteiger partial charge in [-0.1, -0.05) is 27.7 Å². The first kappa shape index (κ1) is 17.5. The molecule has 0 saturated heterocycles. The lowest BCUT2D eigenvalue weighted by Crippen LogP contribution is -2.14. The molecule has 0 saturated carbocycles. The van der Waals surface area contributed by atoms with Gasteiger partial charge in [0.05, 0.1) is 5.75 Å². The number of ether oxygens (including phenoxy) is 1. The van der Waals surface area contributed by atoms with Crippen molar-refractivity contribution in [1.82, 2.24) is 14.8 Å². The SMILES string of the molecule is Cn1cnnc1SCC(=O)Nc1ccc(Oc2ccc(Br)cc2)cc1. The number of hydrogen-bond acceptors (Lipinski definition) is 5. The second-order valence-electron chi connectivity index (χ2n) is 5.14. The first-order valence-electron chi connectivity index (χ1n) is 7.40. The van der Waals surface area contributed by atoms with Crippen molar-refractivity contribution in [3.8, 4) is 11.5 Å². The maximum Gasteiger partial charge on any atom is 0.234 e. The minimum atomic E-state index is -0.102. The van der Waals surface area contributed by atoms with E-state index >= 15 is 0 Å². The third-order valence-corrected chi connectivity index (χ3v) is 4.75. The molecule has 0 aliphatic heterocycles. The van der Waals surface area contributed by atoms with E-state index < -0.39 is 0 Å². The summed E-state index contributed by atoms with van der Waals surface area (Å²) in [5.74, 6) is 1.62. The molecule has 8 heteroatoms. The lowest BCUT2D eigenvalue weighted by atomic mass is 10.3. The van der Waals surface area contributed by atoms with E-state index in [-0.39, 0.29) is 11.7 Å². The summed E-state index contributed by atoms with van der Waals surface area (Å²) >= 11 is 4.72. The van der Waals surface area contributed by atoms with Crippen molar-refractivity contribution in [3.05, 3.63) is 59.3 Å². The van der Waals surface area contributed by atoms with Crippen molar-refractivity contribution in [2.24, 2.45) is 7.05 Å². The fourth-order valence-corrected chi connectivity index (χ4v) is 2.93. The zero-order valence-electron chi connectivity index (χ0n) is 13.3. The third kappa shape index (κ3) is 5.07. The molecular weight excluding hydrogens is 404 g/mol. The number of aromatic nitrogens is 3. The van der Waals surface area contributed by atoms with Crippen LogP contribution >= 0.6 is 27.7 Å². The summed E-state index contributed by atoms with van der Waals surface area (Å²) in [5.41, 5.74) is 0.715. The first-order chi connectivity index (χ1) is 12.1. The van der Waals surface area contributed by atoms with Crippen molar-refractivity contribution in [2.45, 2.75) is 5.16 Å². The Hall–Kier alpha value is -2.32. The molecule has 3 aromatic rings. The highest BCUT2D eigenvalue weighted by Crippen LogP contribution is 2.24. The number of aryl methyl sites for hydroxylation is 1. The highest BCUT2D eigenvalue weighted by atomic mass is 79.9. The van der Waals surface area contributed by atoms with Crippen LogP contribution in [0.1, 0.15) is 0 Å². The van der Waals surface area contributed by atoms with Crippen molar-refractivity contribution >= 4 is 39.3 Å². The van der Waals surface area contributed by atoms with Crippen molar-refractivity contribution in [3.63, 3.8) is 0 Å². The number of rotatable bonds is 6. The van der Waals surface area contributed by atoms with Gasteiger partial charge in [0.2, 0.25) is 5.91 Å². The van der Waals surface area contributed by atoms with E-state index in [4.69, 9.17) is 4.74 Å². The highest BCUT2D eigenvalue weighted by Gasteiger charge is 2.07. The van der Waals surface area contributed by atoms with Gasteiger partial charge in [-0.2, -0.15) is 0 Å². The second kappa shape index (κ2) is 8.17. The molecule has 0 fully saturated rings. The number of nitrogens with one attached hydrogen (secondary N) is 1. The minimum absolute atomic E-state index is 0.102. The molecule has 0 aliphatic carbocycles. The number of anilines is 1. The number of hydrogen-bond donors (Lipinski definition) is 1. The number of carbonyl (C=O) groups is 1. The molecule has 0 aliphatic rings. The van der Waals surface area contributed by atoms with Crippen LogP contribution < -0.4 is 10.1 Å². The maximum absolute atomic E-state index is 12.0. The topological polar surface area (TPSA) is 69.0 Å². The minimum Gasteiger partial charge on any atom is -0.457 e. The van der Waals surface area contributed by atoms with Crippen molar-refractivity contribution in [2.75, 3.05) is 11.1 Å². The van der Waals surface area contributed by atoms with Crippen molar-refractivity contribution < 1.29 is 9.53 Å². The number of thioether (sulfide) groups is 1. The Bertz CT molecular complexity index is 850. The van der Waals surface area contributed by atoms with Crippen LogP contribution in [-0.2, 0) is 11.8 Å². The summed E-state index contributed by atoms with van der Waals surface area (Å²) in [7, 11) is 1.84. The van der Waals surface area contributed by atoms with Gasteiger partial charge in [-0.15, -0.1) is 10.2 Å². The zero-order chi connectivity index (χ0) is 17.6. The number of halogens is 1. The molecule has 3 rings (SSSR count). The molecule has 1 N–H and O–H groups in total. The van der Waals surface area contributed by atoms with Crippen LogP contribution in [0.3, 0.4) is 0 Å². The van der Waals surface area contributed by atoms with E-state index in [1.54, 1.807) is 23.0 Å². The highest BCUT2D eigenvalue weighted by molar-refractivity contribution is 9.10. The summed E-state index contributed by atoms with van der Waals surface area (Å²) in [6.45, 7) is 0. The second-order valence-corrected chi connectivity index (χ2v) is 7.00. The van der Waals surface area contributed by atoms with Crippen LogP contribution in [0, 0.1) is 0 Å². The van der Waals surface area contributed by atoms with Gasteiger partial charge in [0.15, 0.2) is 5.16 Å². The fraction of sp³-hybridized carbons (Fsp3) is 0.118.